The van der Waals surface area contributed by atoms with Crippen molar-refractivity contribution in [3.05, 3.63) is 29.8 Å². The molecule has 1 aromatic carbocycles. The minimum atomic E-state index is -0.408. The lowest BCUT2D eigenvalue weighted by molar-refractivity contribution is -0.142. The summed E-state index contributed by atoms with van der Waals surface area (Å²) in [4.78, 5) is 10.9. The highest BCUT2D eigenvalue weighted by molar-refractivity contribution is 5.70. The molecule has 0 amide bonds. The van der Waals surface area contributed by atoms with E-state index in [1.165, 1.54) is 7.11 Å². The number of carbonyl (C=O) groups excluding carboxylic acids is 1. The number of carbonyl (C=O) groups is 1. The Hall–Kier alpha value is -1.55. The summed E-state index contributed by atoms with van der Waals surface area (Å²) in [5, 5.41) is 0. The van der Waals surface area contributed by atoms with E-state index >= 15 is 0 Å². The second-order valence-corrected chi connectivity index (χ2v) is 3.19. The largest absolute Gasteiger partial charge is 0.482 e. The quantitative estimate of drug-likeness (QED) is 0.758. The second-order valence-electron chi connectivity index (χ2n) is 3.19. The fraction of sp³-hybridized carbons (Fsp3) is 0.364. The molecule has 0 saturated carbocycles. The lowest BCUT2D eigenvalue weighted by atomic mass is 10.1. The Morgan fingerprint density at radius 3 is 2.73 bits per heavy atom. The van der Waals surface area contributed by atoms with Gasteiger partial charge in [-0.2, -0.15) is 0 Å². The normalized spacial score (nSPS) is 11.9. The van der Waals surface area contributed by atoms with Gasteiger partial charge in [-0.1, -0.05) is 18.2 Å². The molecular weight excluding hydrogens is 194 g/mol. The molecule has 0 fully saturated rings. The number of hydrogen-bond donors (Lipinski definition) is 1. The third-order valence-electron chi connectivity index (χ3n) is 1.98. The minimum Gasteiger partial charge on any atom is -0.482 e. The molecule has 0 radical (unpaired) electrons. The molecule has 0 saturated heterocycles. The summed E-state index contributed by atoms with van der Waals surface area (Å²) in [5.74, 6) is 0.215. The number of para-hydroxylation sites is 1. The van der Waals surface area contributed by atoms with Crippen LogP contribution in [-0.4, -0.2) is 19.7 Å². The van der Waals surface area contributed by atoms with Crippen molar-refractivity contribution in [1.29, 1.82) is 0 Å². The van der Waals surface area contributed by atoms with Gasteiger partial charge in [0.15, 0.2) is 6.61 Å². The highest BCUT2D eigenvalue weighted by Gasteiger charge is 2.08. The summed E-state index contributed by atoms with van der Waals surface area (Å²) < 4.78 is 9.77. The average molecular weight is 209 g/mol. The van der Waals surface area contributed by atoms with Crippen LogP contribution < -0.4 is 10.5 Å². The third kappa shape index (κ3) is 3.25. The smallest absolute Gasteiger partial charge is 0.343 e. The molecule has 0 unspecified atom stereocenters. The molecule has 4 heteroatoms. The Morgan fingerprint density at radius 1 is 1.47 bits per heavy atom. The van der Waals surface area contributed by atoms with E-state index < -0.39 is 5.97 Å². The molecule has 0 aliphatic carbocycles. The lowest BCUT2D eigenvalue weighted by Crippen LogP contribution is -2.15. The first-order chi connectivity index (χ1) is 7.15. The molecule has 0 heterocycles. The van der Waals surface area contributed by atoms with Gasteiger partial charge in [0, 0.05) is 11.6 Å². The molecule has 0 aromatic heterocycles. The second kappa shape index (κ2) is 5.36. The molecule has 82 valence electrons. The van der Waals surface area contributed by atoms with Crippen molar-refractivity contribution in [1.82, 2.24) is 0 Å². The predicted octanol–water partition coefficient (Wildman–Crippen LogP) is 1.26. The van der Waals surface area contributed by atoms with Gasteiger partial charge < -0.3 is 15.2 Å². The van der Waals surface area contributed by atoms with Crippen molar-refractivity contribution in [2.45, 2.75) is 13.0 Å². The zero-order valence-corrected chi connectivity index (χ0v) is 8.90. The van der Waals surface area contributed by atoms with E-state index in [4.69, 9.17) is 10.5 Å². The van der Waals surface area contributed by atoms with Crippen LogP contribution in [0.15, 0.2) is 24.3 Å². The van der Waals surface area contributed by atoms with Crippen molar-refractivity contribution < 1.29 is 14.3 Å². The Balaban J connectivity index is 2.71. The van der Waals surface area contributed by atoms with Crippen molar-refractivity contribution in [3.63, 3.8) is 0 Å². The minimum absolute atomic E-state index is 0.0970. The molecule has 2 N–H and O–H groups in total. The summed E-state index contributed by atoms with van der Waals surface area (Å²) in [6, 6.07) is 7.24. The van der Waals surface area contributed by atoms with Crippen LogP contribution in [0.1, 0.15) is 18.5 Å². The zero-order valence-electron chi connectivity index (χ0n) is 8.90. The number of hydrogen-bond acceptors (Lipinski definition) is 4. The summed E-state index contributed by atoms with van der Waals surface area (Å²) in [6.07, 6.45) is 0. The summed E-state index contributed by atoms with van der Waals surface area (Å²) in [5.41, 5.74) is 6.63. The molecular formula is C11H15NO3. The Labute approximate surface area is 89.0 Å². The van der Waals surface area contributed by atoms with Gasteiger partial charge in [-0.25, -0.2) is 4.79 Å². The predicted molar refractivity (Wildman–Crippen MR) is 56.6 cm³/mol. The van der Waals surface area contributed by atoms with Crippen LogP contribution in [-0.2, 0) is 9.53 Å². The van der Waals surface area contributed by atoms with E-state index in [9.17, 15) is 4.79 Å². The van der Waals surface area contributed by atoms with Crippen molar-refractivity contribution >= 4 is 5.97 Å². The molecule has 0 spiro atoms. The number of rotatable bonds is 4. The molecule has 0 aliphatic heterocycles. The van der Waals surface area contributed by atoms with E-state index in [1.54, 1.807) is 6.07 Å². The summed E-state index contributed by atoms with van der Waals surface area (Å²) in [7, 11) is 1.32. The van der Waals surface area contributed by atoms with Crippen LogP contribution >= 0.6 is 0 Å². The Bertz CT molecular complexity index is 336. The van der Waals surface area contributed by atoms with Crippen molar-refractivity contribution in [2.75, 3.05) is 13.7 Å². The molecule has 1 atom stereocenters. The lowest BCUT2D eigenvalue weighted by Gasteiger charge is -2.12. The number of esters is 1. The third-order valence-corrected chi connectivity index (χ3v) is 1.98. The molecule has 15 heavy (non-hydrogen) atoms. The van der Waals surface area contributed by atoms with Crippen LogP contribution in [0.5, 0.6) is 5.75 Å². The van der Waals surface area contributed by atoms with E-state index in [0.29, 0.717) is 5.75 Å². The van der Waals surface area contributed by atoms with E-state index in [2.05, 4.69) is 4.74 Å². The van der Waals surface area contributed by atoms with Crippen LogP contribution in [0.4, 0.5) is 0 Å². The number of nitrogens with two attached hydrogens (primary N) is 1. The number of methoxy groups -OCH3 is 1. The van der Waals surface area contributed by atoms with Gasteiger partial charge in [0.1, 0.15) is 5.75 Å². The van der Waals surface area contributed by atoms with Crippen LogP contribution in [0.2, 0.25) is 0 Å². The van der Waals surface area contributed by atoms with Gasteiger partial charge in [0.05, 0.1) is 7.11 Å². The summed E-state index contributed by atoms with van der Waals surface area (Å²) >= 11 is 0. The maximum absolute atomic E-state index is 10.9. The molecule has 1 aromatic rings. The van der Waals surface area contributed by atoms with Crippen molar-refractivity contribution in [3.8, 4) is 5.75 Å². The number of ether oxygens (including phenoxy) is 2. The SMILES string of the molecule is COC(=O)COc1ccccc1[C@H](C)N. The van der Waals surface area contributed by atoms with Crippen LogP contribution in [0, 0.1) is 0 Å². The molecule has 1 rings (SSSR count). The fourth-order valence-corrected chi connectivity index (χ4v) is 1.18. The fourth-order valence-electron chi connectivity index (χ4n) is 1.18. The first-order valence-electron chi connectivity index (χ1n) is 4.69. The Kier molecular flexibility index (Phi) is 4.12. The summed E-state index contributed by atoms with van der Waals surface area (Å²) in [6.45, 7) is 1.76. The molecule has 0 bridgehead atoms. The molecule has 4 nitrogen and oxygen atoms in total. The van der Waals surface area contributed by atoms with E-state index in [0.717, 1.165) is 5.56 Å². The highest BCUT2D eigenvalue weighted by atomic mass is 16.6. The number of benzene rings is 1. The monoisotopic (exact) mass is 209 g/mol. The standard InChI is InChI=1S/C11H15NO3/c1-8(12)9-5-3-4-6-10(9)15-7-11(13)14-2/h3-6,8H,7,12H2,1-2H3/t8-/m0/s1. The van der Waals surface area contributed by atoms with E-state index in [1.807, 2.05) is 25.1 Å². The first-order valence-corrected chi connectivity index (χ1v) is 4.69. The maximum Gasteiger partial charge on any atom is 0.343 e. The molecule has 0 aliphatic rings. The maximum atomic E-state index is 10.9. The Morgan fingerprint density at radius 2 is 2.13 bits per heavy atom. The van der Waals surface area contributed by atoms with Crippen LogP contribution in [0.25, 0.3) is 0 Å². The van der Waals surface area contributed by atoms with Gasteiger partial charge in [-0.15, -0.1) is 0 Å². The van der Waals surface area contributed by atoms with Gasteiger partial charge in [-0.3, -0.25) is 0 Å². The van der Waals surface area contributed by atoms with E-state index in [-0.39, 0.29) is 12.6 Å². The van der Waals surface area contributed by atoms with Gasteiger partial charge >= 0.3 is 5.97 Å². The topological polar surface area (TPSA) is 61.5 Å². The first kappa shape index (κ1) is 11.5. The zero-order chi connectivity index (χ0) is 11.3. The van der Waals surface area contributed by atoms with Crippen molar-refractivity contribution in [2.24, 2.45) is 5.73 Å². The van der Waals surface area contributed by atoms with Gasteiger partial charge in [0.2, 0.25) is 0 Å². The highest BCUT2D eigenvalue weighted by Crippen LogP contribution is 2.22. The average Bonchev–Trinajstić information content (AvgIpc) is 2.26. The van der Waals surface area contributed by atoms with Crippen LogP contribution in [0.3, 0.4) is 0 Å². The van der Waals surface area contributed by atoms with Gasteiger partial charge in [0.25, 0.3) is 0 Å². The van der Waals surface area contributed by atoms with Gasteiger partial charge in [-0.05, 0) is 13.0 Å².